The molecule has 0 amide bonds. The largest absolute Gasteiger partial charge is 0.456 e. The van der Waals surface area contributed by atoms with E-state index in [0.29, 0.717) is 0 Å². The van der Waals surface area contributed by atoms with Gasteiger partial charge in [-0.15, -0.1) is 0 Å². The molecule has 1 aliphatic rings. The van der Waals surface area contributed by atoms with Crippen LogP contribution in [0, 0.1) is 0 Å². The minimum atomic E-state index is -2.04. The Morgan fingerprint density at radius 1 is 1.08 bits per heavy atom. The van der Waals surface area contributed by atoms with Crippen molar-refractivity contribution in [3.8, 4) is 5.75 Å². The van der Waals surface area contributed by atoms with Gasteiger partial charge in [0.15, 0.2) is 0 Å². The summed E-state index contributed by atoms with van der Waals surface area (Å²) in [6.07, 6.45) is 3.94. The highest BCUT2D eigenvalue weighted by molar-refractivity contribution is 7.66. The summed E-state index contributed by atoms with van der Waals surface area (Å²) in [5, 5.41) is 0. The van der Waals surface area contributed by atoms with Crippen LogP contribution in [0.5, 0.6) is 5.75 Å². The van der Waals surface area contributed by atoms with E-state index in [1.165, 1.54) is 0 Å². The average molecular weight is 197 g/mol. The Balaban J connectivity index is 2.05. The first-order valence-electron chi connectivity index (χ1n) is 4.63. The zero-order chi connectivity index (χ0) is 9.15. The predicted octanol–water partition coefficient (Wildman–Crippen LogP) is 2.70. The fraction of sp³-hybridized carbons (Fsp3) is 0.400. The third kappa shape index (κ3) is 2.20. The molecule has 1 saturated heterocycles. The predicted molar refractivity (Wildman–Crippen MR) is 55.2 cm³/mol. The highest BCUT2D eigenvalue weighted by atomic mass is 31.2. The third-order valence-corrected chi connectivity index (χ3v) is 4.86. The monoisotopic (exact) mass is 197 g/mol. The molecule has 0 atom stereocenters. The Labute approximate surface area is 79.1 Å². The number of hydrogen-bond acceptors (Lipinski definition) is 2. The highest BCUT2D eigenvalue weighted by Crippen LogP contribution is 2.60. The SMILES string of the molecule is O[P]1(Oc2ccccc2)CCCC1. The van der Waals surface area contributed by atoms with Crippen LogP contribution in [-0.2, 0) is 0 Å². The van der Waals surface area contributed by atoms with Crippen LogP contribution in [0.25, 0.3) is 0 Å². The van der Waals surface area contributed by atoms with Gasteiger partial charge in [-0.25, -0.2) is 0 Å². The van der Waals surface area contributed by atoms with Crippen molar-refractivity contribution in [2.45, 2.75) is 12.8 Å². The standard InChI is InChI=1S/C10H14O2P/c11-13(8-4-5-9-13)12-10-6-2-1-3-7-10/h1-3,6-7,11H,4-5,8-9H2. The van der Waals surface area contributed by atoms with E-state index in [0.717, 1.165) is 30.9 Å². The maximum atomic E-state index is 10.0. The van der Waals surface area contributed by atoms with Crippen LogP contribution in [-0.4, -0.2) is 17.2 Å². The van der Waals surface area contributed by atoms with Gasteiger partial charge in [-0.1, -0.05) is 18.2 Å². The molecule has 3 heteroatoms. The van der Waals surface area contributed by atoms with Crippen LogP contribution in [0.2, 0.25) is 0 Å². The molecule has 1 radical (unpaired) electrons. The smallest absolute Gasteiger partial charge is 0.149 e. The minimum absolute atomic E-state index is 0.806. The molecule has 1 fully saturated rings. The van der Waals surface area contributed by atoms with Gasteiger partial charge in [0.05, 0.1) is 0 Å². The van der Waals surface area contributed by atoms with Crippen LogP contribution in [0.1, 0.15) is 12.8 Å². The van der Waals surface area contributed by atoms with Crippen molar-refractivity contribution < 1.29 is 9.42 Å². The van der Waals surface area contributed by atoms with Gasteiger partial charge < -0.3 is 9.42 Å². The van der Waals surface area contributed by atoms with E-state index in [4.69, 9.17) is 4.52 Å². The van der Waals surface area contributed by atoms with Crippen molar-refractivity contribution in [2.24, 2.45) is 0 Å². The average Bonchev–Trinajstić information content (AvgIpc) is 2.54. The number of benzene rings is 1. The summed E-state index contributed by atoms with van der Waals surface area (Å²) >= 11 is 0. The molecule has 2 nitrogen and oxygen atoms in total. The molecular weight excluding hydrogens is 183 g/mol. The molecule has 0 saturated carbocycles. The van der Waals surface area contributed by atoms with Crippen molar-refractivity contribution >= 4 is 7.72 Å². The lowest BCUT2D eigenvalue weighted by molar-refractivity contribution is 0.463. The molecule has 1 aromatic carbocycles. The van der Waals surface area contributed by atoms with Crippen molar-refractivity contribution in [3.63, 3.8) is 0 Å². The van der Waals surface area contributed by atoms with Crippen molar-refractivity contribution in [1.29, 1.82) is 0 Å². The molecule has 0 spiro atoms. The summed E-state index contributed by atoms with van der Waals surface area (Å²) in [6.45, 7) is 0. The van der Waals surface area contributed by atoms with Gasteiger partial charge in [0, 0.05) is 12.3 Å². The summed E-state index contributed by atoms with van der Waals surface area (Å²) in [4.78, 5) is 10.0. The lowest BCUT2D eigenvalue weighted by Gasteiger charge is -2.25. The second kappa shape index (κ2) is 3.65. The van der Waals surface area contributed by atoms with Crippen molar-refractivity contribution in [1.82, 2.24) is 0 Å². The third-order valence-electron chi connectivity index (χ3n) is 2.28. The summed E-state index contributed by atoms with van der Waals surface area (Å²) in [5.74, 6) is 0.806. The molecule has 2 rings (SSSR count). The van der Waals surface area contributed by atoms with Crippen LogP contribution in [0.3, 0.4) is 0 Å². The van der Waals surface area contributed by atoms with E-state index in [2.05, 4.69) is 0 Å². The van der Waals surface area contributed by atoms with Crippen LogP contribution in [0.15, 0.2) is 30.3 Å². The van der Waals surface area contributed by atoms with Gasteiger partial charge in [0.25, 0.3) is 0 Å². The number of para-hydroxylation sites is 1. The molecular formula is C10H14O2P. The fourth-order valence-corrected chi connectivity index (χ4v) is 3.95. The van der Waals surface area contributed by atoms with Gasteiger partial charge >= 0.3 is 0 Å². The quantitative estimate of drug-likeness (QED) is 0.738. The van der Waals surface area contributed by atoms with Crippen LogP contribution < -0.4 is 4.52 Å². The highest BCUT2D eigenvalue weighted by Gasteiger charge is 2.31. The summed E-state index contributed by atoms with van der Waals surface area (Å²) in [6, 6.07) is 9.60. The van der Waals surface area contributed by atoms with E-state index in [1.807, 2.05) is 30.3 Å². The first-order chi connectivity index (χ1) is 6.29. The molecule has 0 aliphatic carbocycles. The second-order valence-corrected chi connectivity index (χ2v) is 6.17. The van der Waals surface area contributed by atoms with Gasteiger partial charge in [-0.2, -0.15) is 0 Å². The van der Waals surface area contributed by atoms with Gasteiger partial charge in [0.2, 0.25) is 0 Å². The van der Waals surface area contributed by atoms with Crippen molar-refractivity contribution in [3.05, 3.63) is 30.3 Å². The lowest BCUT2D eigenvalue weighted by Crippen LogP contribution is -2.01. The zero-order valence-corrected chi connectivity index (χ0v) is 8.41. The topological polar surface area (TPSA) is 29.5 Å². The lowest BCUT2D eigenvalue weighted by atomic mass is 10.3. The van der Waals surface area contributed by atoms with Crippen molar-refractivity contribution in [2.75, 3.05) is 12.3 Å². The van der Waals surface area contributed by atoms with Gasteiger partial charge in [-0.05, 0) is 25.0 Å². The summed E-state index contributed by atoms with van der Waals surface area (Å²) in [5.41, 5.74) is 0. The minimum Gasteiger partial charge on any atom is -0.456 e. The normalized spacial score (nSPS) is 20.1. The molecule has 0 unspecified atom stereocenters. The Morgan fingerprint density at radius 3 is 2.31 bits per heavy atom. The first kappa shape index (κ1) is 8.98. The fourth-order valence-electron chi connectivity index (χ4n) is 1.60. The second-order valence-electron chi connectivity index (χ2n) is 3.40. The summed E-state index contributed by atoms with van der Waals surface area (Å²) < 4.78 is 5.63. The molecule has 71 valence electrons. The molecule has 0 bridgehead atoms. The van der Waals surface area contributed by atoms with E-state index >= 15 is 0 Å². The van der Waals surface area contributed by atoms with Gasteiger partial charge in [0.1, 0.15) is 13.5 Å². The molecule has 1 heterocycles. The Bertz CT molecular complexity index is 268. The maximum absolute atomic E-state index is 10.0. The number of rotatable bonds is 2. The molecule has 0 aromatic heterocycles. The Kier molecular flexibility index (Phi) is 2.52. The number of hydrogen-bond donors (Lipinski definition) is 1. The molecule has 1 aromatic rings. The Hall–Kier alpha value is -0.590. The van der Waals surface area contributed by atoms with E-state index in [1.54, 1.807) is 0 Å². The molecule has 13 heavy (non-hydrogen) atoms. The van der Waals surface area contributed by atoms with E-state index in [-0.39, 0.29) is 0 Å². The molecule has 1 aliphatic heterocycles. The van der Waals surface area contributed by atoms with E-state index < -0.39 is 7.72 Å². The van der Waals surface area contributed by atoms with Crippen LogP contribution >= 0.6 is 7.72 Å². The summed E-state index contributed by atoms with van der Waals surface area (Å²) in [7, 11) is -2.04. The zero-order valence-electron chi connectivity index (χ0n) is 7.52. The van der Waals surface area contributed by atoms with Crippen LogP contribution in [0.4, 0.5) is 0 Å². The van der Waals surface area contributed by atoms with E-state index in [9.17, 15) is 4.89 Å². The first-order valence-corrected chi connectivity index (χ1v) is 6.66. The maximum Gasteiger partial charge on any atom is 0.149 e. The molecule has 1 N–H and O–H groups in total. The Morgan fingerprint density at radius 2 is 1.69 bits per heavy atom. The van der Waals surface area contributed by atoms with Gasteiger partial charge in [-0.3, -0.25) is 0 Å².